The van der Waals surface area contributed by atoms with Gasteiger partial charge in [0.2, 0.25) is 0 Å². The van der Waals surface area contributed by atoms with Gasteiger partial charge in [-0.15, -0.1) is 0 Å². The fourth-order valence-corrected chi connectivity index (χ4v) is 10.2. The van der Waals surface area contributed by atoms with E-state index in [1.807, 2.05) is 12.1 Å². The first-order chi connectivity index (χ1) is 17.6. The monoisotopic (exact) mass is 532 g/mol. The first kappa shape index (κ1) is 31.2. The first-order valence-corrected chi connectivity index (χ1v) is 17.3. The Morgan fingerprint density at radius 2 is 1.57 bits per heavy atom. The summed E-state index contributed by atoms with van der Waals surface area (Å²) in [7, 11) is -2.28. The van der Waals surface area contributed by atoms with Crippen molar-refractivity contribution in [2.75, 3.05) is 6.61 Å². The zero-order valence-corrected chi connectivity index (χ0v) is 25.5. The highest BCUT2D eigenvalue weighted by Gasteiger charge is 2.51. The van der Waals surface area contributed by atoms with Crippen LogP contribution < -0.4 is 9.16 Å². The molecule has 210 valence electrons. The van der Waals surface area contributed by atoms with Crippen LogP contribution in [0.15, 0.2) is 12.1 Å². The lowest BCUT2D eigenvalue weighted by Gasteiger charge is -2.48. The molecule has 1 atom stereocenters. The molecule has 0 amide bonds. The number of aromatic nitrogens is 2. The summed E-state index contributed by atoms with van der Waals surface area (Å²) in [6.45, 7) is 15.4. The normalized spacial score (nSPS) is 13.7. The molecule has 0 radical (unpaired) electrons. The molecule has 1 aromatic carbocycles. The summed E-state index contributed by atoms with van der Waals surface area (Å²) in [6, 6.07) is 5.06. The number of hydrogen-bond acceptors (Lipinski definition) is 4. The van der Waals surface area contributed by atoms with Crippen molar-refractivity contribution in [3.63, 3.8) is 0 Å². The Morgan fingerprint density at radius 1 is 1.00 bits per heavy atom. The van der Waals surface area contributed by atoms with E-state index in [0.717, 1.165) is 35.1 Å². The molecule has 6 nitrogen and oxygen atoms in total. The number of carbonyl (C=O) groups is 1. The predicted molar refractivity (Wildman–Crippen MR) is 157 cm³/mol. The van der Waals surface area contributed by atoms with Gasteiger partial charge in [-0.2, -0.15) is 0 Å². The third kappa shape index (κ3) is 8.23. The Labute approximate surface area is 226 Å². The SMILES string of the molecule is CCCCC(CCCC)(CCCC)[Si](C)(CCCC)Oc1cc(OCC(=O)O)c2[nH]c(C(C)C)nc2c1. The summed E-state index contributed by atoms with van der Waals surface area (Å²) in [6.07, 6.45) is 13.3. The molecule has 37 heavy (non-hydrogen) atoms. The largest absolute Gasteiger partial charge is 0.543 e. The number of unbranched alkanes of at least 4 members (excludes halogenated alkanes) is 4. The standard InChI is InChI=1S/C30H52N2O4Si/c1-8-12-16-30(17-13-9-2,18-14-10-3)37(7,19-15-11-4)36-24-20-25-28(32-29(31-25)23(5)6)26(21-24)35-22-27(33)34/h20-21,23H,8-19,22H2,1-7H3,(H,31,32)(H,33,34). The molecule has 0 bridgehead atoms. The van der Waals surface area contributed by atoms with Gasteiger partial charge in [0.25, 0.3) is 8.32 Å². The summed E-state index contributed by atoms with van der Waals surface area (Å²) >= 11 is 0. The van der Waals surface area contributed by atoms with Crippen LogP contribution >= 0.6 is 0 Å². The van der Waals surface area contributed by atoms with Crippen LogP contribution in [-0.2, 0) is 4.79 Å². The summed E-state index contributed by atoms with van der Waals surface area (Å²) in [5.41, 5.74) is 1.51. The van der Waals surface area contributed by atoms with Crippen LogP contribution in [0.1, 0.15) is 124 Å². The molecule has 0 fully saturated rings. The van der Waals surface area contributed by atoms with Gasteiger partial charge in [0.15, 0.2) is 6.61 Å². The number of benzene rings is 1. The summed E-state index contributed by atoms with van der Waals surface area (Å²) in [4.78, 5) is 19.5. The Hall–Kier alpha value is -2.02. The fraction of sp³-hybridized carbons (Fsp3) is 0.733. The molecule has 0 aliphatic rings. The van der Waals surface area contributed by atoms with Gasteiger partial charge in [0.1, 0.15) is 22.8 Å². The second kappa shape index (κ2) is 14.8. The topological polar surface area (TPSA) is 84.4 Å². The molecule has 0 saturated heterocycles. The average Bonchev–Trinajstić information content (AvgIpc) is 3.30. The summed E-state index contributed by atoms with van der Waals surface area (Å²) < 4.78 is 13.0. The Morgan fingerprint density at radius 3 is 2.05 bits per heavy atom. The molecule has 2 aromatic rings. The molecule has 1 heterocycles. The number of carboxylic acid groups (broad SMARTS) is 1. The number of H-pyrrole nitrogens is 1. The van der Waals surface area contributed by atoms with Crippen molar-refractivity contribution in [1.82, 2.24) is 9.97 Å². The van der Waals surface area contributed by atoms with E-state index in [9.17, 15) is 9.90 Å². The minimum Gasteiger partial charge on any atom is -0.543 e. The number of imidazole rings is 1. The molecule has 2 rings (SSSR count). The van der Waals surface area contributed by atoms with Crippen molar-refractivity contribution >= 4 is 25.3 Å². The molecular formula is C30H52N2O4Si. The minimum absolute atomic E-state index is 0.218. The quantitative estimate of drug-likeness (QED) is 0.176. The van der Waals surface area contributed by atoms with Crippen LogP contribution in [0, 0.1) is 0 Å². The third-order valence-corrected chi connectivity index (χ3v) is 12.9. The van der Waals surface area contributed by atoms with E-state index >= 15 is 0 Å². The number of carboxylic acids is 1. The van der Waals surface area contributed by atoms with E-state index in [2.05, 4.69) is 53.1 Å². The van der Waals surface area contributed by atoms with Gasteiger partial charge in [0, 0.05) is 23.1 Å². The number of rotatable bonds is 19. The van der Waals surface area contributed by atoms with Crippen molar-refractivity contribution in [2.45, 2.75) is 136 Å². The van der Waals surface area contributed by atoms with Gasteiger partial charge in [-0.25, -0.2) is 9.78 Å². The number of hydrogen-bond donors (Lipinski definition) is 2. The zero-order valence-electron chi connectivity index (χ0n) is 24.5. The second-order valence-corrected chi connectivity index (χ2v) is 15.5. The Balaban J connectivity index is 2.63. The second-order valence-electron chi connectivity index (χ2n) is 11.3. The van der Waals surface area contributed by atoms with E-state index in [1.165, 1.54) is 64.2 Å². The lowest BCUT2D eigenvalue weighted by Crippen LogP contribution is -2.51. The van der Waals surface area contributed by atoms with Crippen molar-refractivity contribution in [2.24, 2.45) is 0 Å². The molecule has 7 heteroatoms. The van der Waals surface area contributed by atoms with Gasteiger partial charge in [0.05, 0.1) is 5.52 Å². The average molecular weight is 533 g/mol. The third-order valence-electron chi connectivity index (χ3n) is 7.95. The predicted octanol–water partition coefficient (Wildman–Crippen LogP) is 9.21. The number of ether oxygens (including phenoxy) is 1. The van der Waals surface area contributed by atoms with E-state index in [-0.39, 0.29) is 11.0 Å². The molecular weight excluding hydrogens is 480 g/mol. The zero-order chi connectivity index (χ0) is 27.5. The number of nitrogens with one attached hydrogen (secondary N) is 1. The van der Waals surface area contributed by atoms with Gasteiger partial charge in [-0.1, -0.05) is 92.9 Å². The lowest BCUT2D eigenvalue weighted by molar-refractivity contribution is -0.139. The van der Waals surface area contributed by atoms with Gasteiger partial charge in [-0.05, 0) is 31.9 Å². The number of fused-ring (bicyclic) bond motifs is 1. The highest BCUT2D eigenvalue weighted by molar-refractivity contribution is 6.76. The first-order valence-electron chi connectivity index (χ1n) is 14.7. The Bertz CT molecular complexity index is 952. The van der Waals surface area contributed by atoms with Gasteiger partial charge in [-0.3, -0.25) is 0 Å². The smallest absolute Gasteiger partial charge is 0.341 e. The van der Waals surface area contributed by atoms with Crippen molar-refractivity contribution in [3.8, 4) is 11.5 Å². The van der Waals surface area contributed by atoms with E-state index in [4.69, 9.17) is 14.1 Å². The van der Waals surface area contributed by atoms with Crippen LogP contribution in [0.2, 0.25) is 17.6 Å². The van der Waals surface area contributed by atoms with Crippen molar-refractivity contribution in [3.05, 3.63) is 18.0 Å². The van der Waals surface area contributed by atoms with Gasteiger partial charge >= 0.3 is 5.97 Å². The maximum absolute atomic E-state index is 11.3. The summed E-state index contributed by atoms with van der Waals surface area (Å²) in [5.74, 6) is 1.36. The number of aliphatic carboxylic acids is 1. The molecule has 0 saturated carbocycles. The fourth-order valence-electron chi connectivity index (χ4n) is 5.57. The highest BCUT2D eigenvalue weighted by Crippen LogP contribution is 2.54. The van der Waals surface area contributed by atoms with Crippen molar-refractivity contribution in [1.29, 1.82) is 0 Å². The van der Waals surface area contributed by atoms with Crippen LogP contribution in [0.4, 0.5) is 0 Å². The van der Waals surface area contributed by atoms with E-state index in [1.54, 1.807) is 0 Å². The molecule has 0 aliphatic heterocycles. The molecule has 0 spiro atoms. The maximum Gasteiger partial charge on any atom is 0.341 e. The van der Waals surface area contributed by atoms with Crippen molar-refractivity contribution < 1.29 is 19.1 Å². The summed E-state index contributed by atoms with van der Waals surface area (Å²) in [5, 5.41) is 9.49. The van der Waals surface area contributed by atoms with Crippen LogP contribution in [0.3, 0.4) is 0 Å². The Kier molecular flexibility index (Phi) is 12.5. The van der Waals surface area contributed by atoms with E-state index < -0.39 is 20.9 Å². The lowest BCUT2D eigenvalue weighted by atomic mass is 9.89. The van der Waals surface area contributed by atoms with E-state index in [0.29, 0.717) is 5.75 Å². The maximum atomic E-state index is 11.3. The molecule has 2 N–H and O–H groups in total. The number of aromatic amines is 1. The minimum atomic E-state index is -2.28. The number of nitrogens with zero attached hydrogens (tertiary/aromatic N) is 1. The molecule has 1 aromatic heterocycles. The molecule has 1 unspecified atom stereocenters. The van der Waals surface area contributed by atoms with Crippen LogP contribution in [0.25, 0.3) is 11.0 Å². The van der Waals surface area contributed by atoms with Crippen LogP contribution in [-0.4, -0.2) is 36.0 Å². The highest BCUT2D eigenvalue weighted by atomic mass is 28.4. The van der Waals surface area contributed by atoms with Crippen LogP contribution in [0.5, 0.6) is 11.5 Å². The van der Waals surface area contributed by atoms with Gasteiger partial charge < -0.3 is 19.3 Å². The molecule has 0 aliphatic carbocycles.